The van der Waals surface area contributed by atoms with Crippen LogP contribution in [0.3, 0.4) is 0 Å². The lowest BCUT2D eigenvalue weighted by molar-refractivity contribution is -0.127. The number of rotatable bonds is 8. The number of nitrogens with zero attached hydrogens (tertiary/aromatic N) is 1. The molecule has 0 atom stereocenters. The maximum Gasteiger partial charge on any atom is 0.294 e. The molecule has 4 rings (SSSR count). The molecule has 0 bridgehead atoms. The minimum Gasteiger partial charge on any atom is -0.493 e. The summed E-state index contributed by atoms with van der Waals surface area (Å²) in [5.41, 5.74) is 4.78. The first kappa shape index (κ1) is 28.4. The fraction of sp³-hybridized carbons (Fsp3) is 0.207. The maximum atomic E-state index is 13.5. The van der Waals surface area contributed by atoms with Gasteiger partial charge in [-0.25, -0.2) is 4.39 Å². The largest absolute Gasteiger partial charge is 0.493 e. The number of hydrogen-bond donors (Lipinski definition) is 1. The van der Waals surface area contributed by atoms with Crippen molar-refractivity contribution < 1.29 is 28.2 Å². The number of hydrogen-bond acceptors (Lipinski definition) is 6. The fourth-order valence-electron chi connectivity index (χ4n) is 4.23. The Labute approximate surface area is 238 Å². The van der Waals surface area contributed by atoms with E-state index in [0.717, 1.165) is 33.4 Å². The van der Waals surface area contributed by atoms with Gasteiger partial charge in [0.15, 0.2) is 11.5 Å². The molecule has 3 aromatic carbocycles. The van der Waals surface area contributed by atoms with Gasteiger partial charge in [0.25, 0.3) is 11.1 Å². The van der Waals surface area contributed by atoms with E-state index in [9.17, 15) is 18.8 Å². The molecule has 3 amide bonds. The molecule has 1 aliphatic rings. The monoisotopic (exact) mass is 612 g/mol. The zero-order valence-corrected chi connectivity index (χ0v) is 24.2. The number of carbonyl (C=O) groups is 3. The molecule has 1 aliphatic heterocycles. The third-order valence-electron chi connectivity index (χ3n) is 5.94. The average molecular weight is 614 g/mol. The Morgan fingerprint density at radius 2 is 1.82 bits per heavy atom. The third-order valence-corrected chi connectivity index (χ3v) is 7.43. The van der Waals surface area contributed by atoms with Crippen molar-refractivity contribution in [1.29, 1.82) is 0 Å². The van der Waals surface area contributed by atoms with Crippen molar-refractivity contribution in [2.45, 2.75) is 27.4 Å². The van der Waals surface area contributed by atoms with Crippen molar-refractivity contribution in [3.8, 4) is 11.5 Å². The van der Waals surface area contributed by atoms with E-state index in [2.05, 4.69) is 21.2 Å². The van der Waals surface area contributed by atoms with Crippen molar-refractivity contribution in [1.82, 2.24) is 4.90 Å². The Morgan fingerprint density at radius 1 is 1.10 bits per heavy atom. The van der Waals surface area contributed by atoms with Crippen LogP contribution in [0.15, 0.2) is 57.9 Å². The van der Waals surface area contributed by atoms with Crippen LogP contribution in [0.5, 0.6) is 11.5 Å². The van der Waals surface area contributed by atoms with Crippen LogP contribution in [-0.2, 0) is 16.2 Å². The maximum absolute atomic E-state index is 13.5. The zero-order chi connectivity index (χ0) is 28.3. The van der Waals surface area contributed by atoms with E-state index in [1.807, 2.05) is 32.9 Å². The lowest BCUT2D eigenvalue weighted by Crippen LogP contribution is -2.36. The van der Waals surface area contributed by atoms with Crippen LogP contribution in [0.4, 0.5) is 14.9 Å². The highest BCUT2D eigenvalue weighted by Crippen LogP contribution is 2.39. The molecule has 3 aromatic rings. The summed E-state index contributed by atoms with van der Waals surface area (Å²) in [6.45, 7) is 5.48. The Hall–Kier alpha value is -3.63. The Kier molecular flexibility index (Phi) is 8.76. The van der Waals surface area contributed by atoms with Crippen LogP contribution < -0.4 is 14.8 Å². The SMILES string of the molecule is COc1cc(/C=C2/SC(=O)N(CC(=O)Nc3c(C)cc(C)cc3C)C2=O)cc(Br)c1OCc1cccc(F)c1. The van der Waals surface area contributed by atoms with Gasteiger partial charge in [0.05, 0.1) is 16.5 Å². The molecule has 1 saturated heterocycles. The van der Waals surface area contributed by atoms with E-state index in [0.29, 0.717) is 32.8 Å². The summed E-state index contributed by atoms with van der Waals surface area (Å²) < 4.78 is 25.4. The van der Waals surface area contributed by atoms with Gasteiger partial charge in [-0.15, -0.1) is 0 Å². The van der Waals surface area contributed by atoms with E-state index in [1.165, 1.54) is 19.2 Å². The molecule has 10 heteroatoms. The Balaban J connectivity index is 1.48. The standard InChI is InChI=1S/C29H26BrFN2O5S/c1-16-8-17(2)26(18(3)9-16)32-25(34)14-33-28(35)24(39-29(33)36)13-20-11-22(30)27(23(12-20)37-4)38-15-19-6-5-7-21(31)10-19/h5-13H,14-15H2,1-4H3,(H,32,34)/b24-13+. The van der Waals surface area contributed by atoms with Crippen molar-refractivity contribution in [3.05, 3.63) is 91.5 Å². The summed E-state index contributed by atoms with van der Waals surface area (Å²) in [4.78, 5) is 39.4. The summed E-state index contributed by atoms with van der Waals surface area (Å²) in [7, 11) is 1.48. The second kappa shape index (κ2) is 12.0. The molecule has 0 spiro atoms. The molecule has 0 unspecified atom stereocenters. The van der Waals surface area contributed by atoms with E-state index in [-0.39, 0.29) is 17.3 Å². The Bertz CT molecular complexity index is 1480. The third kappa shape index (κ3) is 6.69. The second-order valence-electron chi connectivity index (χ2n) is 9.04. The van der Waals surface area contributed by atoms with Crippen LogP contribution in [-0.4, -0.2) is 35.6 Å². The molecule has 7 nitrogen and oxygen atoms in total. The van der Waals surface area contributed by atoms with Gasteiger partial charge in [0.1, 0.15) is 19.0 Å². The number of methoxy groups -OCH3 is 1. The van der Waals surface area contributed by atoms with E-state index in [4.69, 9.17) is 9.47 Å². The molecule has 202 valence electrons. The lowest BCUT2D eigenvalue weighted by Gasteiger charge is -2.16. The van der Waals surface area contributed by atoms with E-state index >= 15 is 0 Å². The number of anilines is 1. The number of ether oxygens (including phenoxy) is 2. The van der Waals surface area contributed by atoms with Gasteiger partial charge in [0.2, 0.25) is 5.91 Å². The van der Waals surface area contributed by atoms with Crippen molar-refractivity contribution in [2.24, 2.45) is 0 Å². The van der Waals surface area contributed by atoms with Gasteiger partial charge < -0.3 is 14.8 Å². The van der Waals surface area contributed by atoms with Gasteiger partial charge in [-0.2, -0.15) is 0 Å². The number of aryl methyl sites for hydroxylation is 3. The second-order valence-corrected chi connectivity index (χ2v) is 10.9. The highest BCUT2D eigenvalue weighted by Gasteiger charge is 2.36. The molecule has 1 fully saturated rings. The van der Waals surface area contributed by atoms with E-state index < -0.39 is 23.6 Å². The first-order valence-electron chi connectivity index (χ1n) is 11.9. The first-order valence-corrected chi connectivity index (χ1v) is 13.5. The highest BCUT2D eigenvalue weighted by atomic mass is 79.9. The quantitative estimate of drug-likeness (QED) is 0.282. The van der Waals surface area contributed by atoms with Gasteiger partial charge in [0, 0.05) is 5.69 Å². The average Bonchev–Trinajstić information content (AvgIpc) is 3.12. The number of halogens is 2. The molecular weight excluding hydrogens is 587 g/mol. The topological polar surface area (TPSA) is 84.9 Å². The van der Waals surface area contributed by atoms with Crippen molar-refractivity contribution >= 4 is 56.5 Å². The summed E-state index contributed by atoms with van der Waals surface area (Å²) in [6.07, 6.45) is 1.56. The van der Waals surface area contributed by atoms with Gasteiger partial charge in [-0.05, 0) is 101 Å². The minimum absolute atomic E-state index is 0.120. The summed E-state index contributed by atoms with van der Waals surface area (Å²) >= 11 is 4.23. The molecule has 0 aliphatic carbocycles. The predicted octanol–water partition coefficient (Wildman–Crippen LogP) is 6.78. The number of amides is 3. The van der Waals surface area contributed by atoms with Gasteiger partial charge in [-0.3, -0.25) is 19.3 Å². The van der Waals surface area contributed by atoms with Crippen LogP contribution in [0.2, 0.25) is 0 Å². The van der Waals surface area contributed by atoms with Crippen molar-refractivity contribution in [3.63, 3.8) is 0 Å². The van der Waals surface area contributed by atoms with Crippen LogP contribution in [0.1, 0.15) is 27.8 Å². The molecule has 1 N–H and O–H groups in total. The number of nitrogens with one attached hydrogen (secondary N) is 1. The Morgan fingerprint density at radius 3 is 2.49 bits per heavy atom. The minimum atomic E-state index is -0.556. The van der Waals surface area contributed by atoms with Crippen LogP contribution in [0, 0.1) is 26.6 Å². The highest BCUT2D eigenvalue weighted by molar-refractivity contribution is 9.10. The van der Waals surface area contributed by atoms with E-state index in [1.54, 1.807) is 30.3 Å². The number of carbonyl (C=O) groups excluding carboxylic acids is 3. The molecule has 39 heavy (non-hydrogen) atoms. The molecule has 0 saturated carbocycles. The molecule has 0 radical (unpaired) electrons. The molecular formula is C29H26BrFN2O5S. The number of benzene rings is 3. The van der Waals surface area contributed by atoms with Crippen LogP contribution in [0.25, 0.3) is 6.08 Å². The summed E-state index contributed by atoms with van der Waals surface area (Å²) in [5, 5.41) is 2.29. The van der Waals surface area contributed by atoms with Gasteiger partial charge >= 0.3 is 0 Å². The van der Waals surface area contributed by atoms with Crippen molar-refractivity contribution in [2.75, 3.05) is 19.0 Å². The summed E-state index contributed by atoms with van der Waals surface area (Å²) in [5.74, 6) is -0.582. The van der Waals surface area contributed by atoms with Gasteiger partial charge in [-0.1, -0.05) is 29.8 Å². The predicted molar refractivity (Wildman–Crippen MR) is 153 cm³/mol. The summed E-state index contributed by atoms with van der Waals surface area (Å²) in [6, 6.07) is 13.4. The first-order chi connectivity index (χ1) is 18.5. The smallest absolute Gasteiger partial charge is 0.294 e. The zero-order valence-electron chi connectivity index (χ0n) is 21.8. The normalized spacial score (nSPS) is 14.2. The molecule has 0 aromatic heterocycles. The number of thioether (sulfide) groups is 1. The number of imide groups is 1. The fourth-order valence-corrected chi connectivity index (χ4v) is 5.65. The lowest BCUT2D eigenvalue weighted by atomic mass is 10.1. The molecule has 1 heterocycles. The van der Waals surface area contributed by atoms with Crippen LogP contribution >= 0.6 is 27.7 Å².